The van der Waals surface area contributed by atoms with Crippen molar-refractivity contribution >= 4 is 11.8 Å². The van der Waals surface area contributed by atoms with Gasteiger partial charge in [0.1, 0.15) is 5.75 Å². The van der Waals surface area contributed by atoms with E-state index in [2.05, 4.69) is 15.2 Å². The summed E-state index contributed by atoms with van der Waals surface area (Å²) >= 11 is 0. The second kappa shape index (κ2) is 9.14. The fraction of sp³-hybridized carbons (Fsp3) is 0.350. The van der Waals surface area contributed by atoms with Crippen LogP contribution >= 0.6 is 0 Å². The lowest BCUT2D eigenvalue weighted by Gasteiger charge is -2.34. The van der Waals surface area contributed by atoms with Crippen LogP contribution in [0.5, 0.6) is 5.75 Å². The molecule has 2 heterocycles. The Morgan fingerprint density at radius 1 is 1.00 bits per heavy atom. The second-order valence-electron chi connectivity index (χ2n) is 6.35. The van der Waals surface area contributed by atoms with E-state index < -0.39 is 0 Å². The predicted octanol–water partition coefficient (Wildman–Crippen LogP) is 1.28. The van der Waals surface area contributed by atoms with Gasteiger partial charge in [-0.2, -0.15) is 0 Å². The van der Waals surface area contributed by atoms with Gasteiger partial charge in [-0.1, -0.05) is 0 Å². The van der Waals surface area contributed by atoms with Gasteiger partial charge in [-0.25, -0.2) is 0 Å². The summed E-state index contributed by atoms with van der Waals surface area (Å²) in [5.74, 6) is 0.694. The van der Waals surface area contributed by atoms with Crippen molar-refractivity contribution in [2.24, 2.45) is 0 Å². The highest BCUT2D eigenvalue weighted by molar-refractivity contribution is 5.94. The van der Waals surface area contributed by atoms with E-state index in [1.807, 2.05) is 4.90 Å². The quantitative estimate of drug-likeness (QED) is 0.831. The van der Waals surface area contributed by atoms with Crippen LogP contribution in [0.4, 0.5) is 0 Å². The normalized spacial score (nSPS) is 14.6. The van der Waals surface area contributed by atoms with Gasteiger partial charge in [0, 0.05) is 62.8 Å². The van der Waals surface area contributed by atoms with Crippen molar-refractivity contribution in [3.8, 4) is 5.75 Å². The summed E-state index contributed by atoms with van der Waals surface area (Å²) in [7, 11) is 1.61. The predicted molar refractivity (Wildman–Crippen MR) is 102 cm³/mol. The van der Waals surface area contributed by atoms with Gasteiger partial charge in [-0.05, 0) is 36.4 Å². The van der Waals surface area contributed by atoms with Crippen LogP contribution in [0, 0.1) is 0 Å². The summed E-state index contributed by atoms with van der Waals surface area (Å²) in [6.45, 7) is 4.31. The number of pyridine rings is 1. The SMILES string of the molecule is COc1ccc(C(=O)N2CCN(CCNC(=O)c3ccncc3)CC2)cc1. The van der Waals surface area contributed by atoms with Crippen LogP contribution in [0.1, 0.15) is 20.7 Å². The molecule has 1 saturated heterocycles. The van der Waals surface area contributed by atoms with Crippen molar-refractivity contribution < 1.29 is 14.3 Å². The monoisotopic (exact) mass is 368 g/mol. The topological polar surface area (TPSA) is 74.8 Å². The zero-order valence-corrected chi connectivity index (χ0v) is 15.4. The van der Waals surface area contributed by atoms with Gasteiger partial charge in [0.2, 0.25) is 0 Å². The molecule has 1 N–H and O–H groups in total. The lowest BCUT2D eigenvalue weighted by molar-refractivity contribution is 0.0638. The van der Waals surface area contributed by atoms with E-state index in [0.717, 1.165) is 25.4 Å². The molecule has 0 spiro atoms. The number of methoxy groups -OCH3 is 1. The smallest absolute Gasteiger partial charge is 0.253 e. The number of nitrogens with zero attached hydrogens (tertiary/aromatic N) is 3. The van der Waals surface area contributed by atoms with Gasteiger partial charge in [0.25, 0.3) is 11.8 Å². The third-order valence-electron chi connectivity index (χ3n) is 4.65. The maximum atomic E-state index is 12.6. The maximum Gasteiger partial charge on any atom is 0.253 e. The van der Waals surface area contributed by atoms with Crippen LogP contribution in [0.25, 0.3) is 0 Å². The Balaban J connectivity index is 1.40. The van der Waals surface area contributed by atoms with Gasteiger partial charge in [0.15, 0.2) is 0 Å². The molecule has 27 heavy (non-hydrogen) atoms. The highest BCUT2D eigenvalue weighted by Crippen LogP contribution is 2.14. The average molecular weight is 368 g/mol. The molecule has 0 unspecified atom stereocenters. The number of amides is 2. The van der Waals surface area contributed by atoms with Crippen molar-refractivity contribution in [3.05, 3.63) is 59.9 Å². The number of carbonyl (C=O) groups excluding carboxylic acids is 2. The van der Waals surface area contributed by atoms with E-state index in [9.17, 15) is 9.59 Å². The average Bonchev–Trinajstić information content (AvgIpc) is 2.74. The zero-order chi connectivity index (χ0) is 19.1. The molecular weight excluding hydrogens is 344 g/mol. The minimum absolute atomic E-state index is 0.0447. The molecule has 2 aromatic rings. The fourth-order valence-corrected chi connectivity index (χ4v) is 3.02. The zero-order valence-electron chi connectivity index (χ0n) is 15.4. The molecule has 3 rings (SSSR count). The van der Waals surface area contributed by atoms with Crippen LogP contribution < -0.4 is 10.1 Å². The first-order chi connectivity index (χ1) is 13.2. The number of hydrogen-bond donors (Lipinski definition) is 1. The largest absolute Gasteiger partial charge is 0.497 e. The standard InChI is InChI=1S/C20H24N4O3/c1-27-18-4-2-17(3-5-18)20(26)24-14-12-23(13-15-24)11-10-22-19(25)16-6-8-21-9-7-16/h2-9H,10-15H2,1H3,(H,22,25). The third-order valence-corrected chi connectivity index (χ3v) is 4.65. The van der Waals surface area contributed by atoms with Gasteiger partial charge in [-0.15, -0.1) is 0 Å². The van der Waals surface area contributed by atoms with Crippen molar-refractivity contribution in [3.63, 3.8) is 0 Å². The van der Waals surface area contributed by atoms with E-state index in [1.54, 1.807) is 55.9 Å². The molecule has 1 aromatic heterocycles. The molecule has 0 saturated carbocycles. The Kier molecular flexibility index (Phi) is 6.38. The number of aromatic nitrogens is 1. The number of ether oxygens (including phenoxy) is 1. The molecule has 1 aromatic carbocycles. The summed E-state index contributed by atoms with van der Waals surface area (Å²) in [4.78, 5) is 32.6. The highest BCUT2D eigenvalue weighted by Gasteiger charge is 2.22. The number of nitrogens with one attached hydrogen (secondary N) is 1. The molecule has 7 nitrogen and oxygen atoms in total. The Morgan fingerprint density at radius 3 is 2.30 bits per heavy atom. The molecule has 1 fully saturated rings. The molecule has 7 heteroatoms. The van der Waals surface area contributed by atoms with Crippen LogP contribution in [-0.2, 0) is 0 Å². The van der Waals surface area contributed by atoms with Gasteiger partial charge >= 0.3 is 0 Å². The fourth-order valence-electron chi connectivity index (χ4n) is 3.02. The molecule has 0 radical (unpaired) electrons. The lowest BCUT2D eigenvalue weighted by Crippen LogP contribution is -2.50. The second-order valence-corrected chi connectivity index (χ2v) is 6.35. The van der Waals surface area contributed by atoms with E-state index in [1.165, 1.54) is 0 Å². The van der Waals surface area contributed by atoms with E-state index in [0.29, 0.717) is 30.8 Å². The minimum Gasteiger partial charge on any atom is -0.497 e. The van der Waals surface area contributed by atoms with Gasteiger partial charge in [0.05, 0.1) is 7.11 Å². The summed E-state index contributed by atoms with van der Waals surface area (Å²) < 4.78 is 5.13. The molecule has 0 atom stereocenters. The third kappa shape index (κ3) is 5.04. The van der Waals surface area contributed by atoms with Gasteiger partial charge in [-0.3, -0.25) is 19.5 Å². The van der Waals surface area contributed by atoms with Crippen LogP contribution in [-0.4, -0.2) is 73.0 Å². The first kappa shape index (κ1) is 18.8. The van der Waals surface area contributed by atoms with E-state index in [-0.39, 0.29) is 11.8 Å². The molecule has 1 aliphatic rings. The molecule has 2 amide bonds. The van der Waals surface area contributed by atoms with Gasteiger partial charge < -0.3 is 15.0 Å². The minimum atomic E-state index is -0.0919. The highest BCUT2D eigenvalue weighted by atomic mass is 16.5. The van der Waals surface area contributed by atoms with E-state index in [4.69, 9.17) is 4.74 Å². The number of rotatable bonds is 6. The Labute approximate surface area is 158 Å². The number of benzene rings is 1. The first-order valence-corrected chi connectivity index (χ1v) is 9.01. The molecule has 142 valence electrons. The van der Waals surface area contributed by atoms with Crippen molar-refractivity contribution in [2.45, 2.75) is 0 Å². The van der Waals surface area contributed by atoms with Crippen molar-refractivity contribution in [1.82, 2.24) is 20.1 Å². The summed E-state index contributed by atoms with van der Waals surface area (Å²) in [6.07, 6.45) is 3.21. The van der Waals surface area contributed by atoms with Crippen molar-refractivity contribution in [1.29, 1.82) is 0 Å². The summed E-state index contributed by atoms with van der Waals surface area (Å²) in [6, 6.07) is 10.6. The van der Waals surface area contributed by atoms with Crippen LogP contribution in [0.3, 0.4) is 0 Å². The number of hydrogen-bond acceptors (Lipinski definition) is 5. The molecule has 1 aliphatic heterocycles. The van der Waals surface area contributed by atoms with Crippen LogP contribution in [0.2, 0.25) is 0 Å². The van der Waals surface area contributed by atoms with Crippen LogP contribution in [0.15, 0.2) is 48.8 Å². The van der Waals surface area contributed by atoms with Crippen molar-refractivity contribution in [2.75, 3.05) is 46.4 Å². The van der Waals surface area contributed by atoms with E-state index >= 15 is 0 Å². The molecular formula is C20H24N4O3. The number of carbonyl (C=O) groups is 2. The Hall–Kier alpha value is -2.93. The maximum absolute atomic E-state index is 12.6. The lowest BCUT2D eigenvalue weighted by atomic mass is 10.1. The molecule has 0 bridgehead atoms. The first-order valence-electron chi connectivity index (χ1n) is 9.01. The summed E-state index contributed by atoms with van der Waals surface area (Å²) in [5.41, 5.74) is 1.29. The Morgan fingerprint density at radius 2 is 1.67 bits per heavy atom. The molecule has 0 aliphatic carbocycles. The summed E-state index contributed by atoms with van der Waals surface area (Å²) in [5, 5.41) is 2.92. The Bertz CT molecular complexity index is 757. The number of piperazine rings is 1.